The number of aromatic nitrogens is 2. The van der Waals surface area contributed by atoms with Crippen molar-refractivity contribution in [3.8, 4) is 11.5 Å². The van der Waals surface area contributed by atoms with Crippen molar-refractivity contribution < 1.29 is 18.8 Å². The van der Waals surface area contributed by atoms with Crippen LogP contribution in [0.25, 0.3) is 0 Å². The fourth-order valence-electron chi connectivity index (χ4n) is 3.31. The van der Waals surface area contributed by atoms with Crippen LogP contribution in [0.2, 0.25) is 0 Å². The monoisotopic (exact) mass is 395 g/mol. The summed E-state index contributed by atoms with van der Waals surface area (Å²) in [5.41, 5.74) is 2.80. The van der Waals surface area contributed by atoms with Crippen molar-refractivity contribution in [3.05, 3.63) is 74.5 Å². The normalized spacial score (nSPS) is 12.2. The molecule has 0 bridgehead atoms. The van der Waals surface area contributed by atoms with Crippen LogP contribution in [0.4, 0.5) is 0 Å². The van der Waals surface area contributed by atoms with E-state index in [1.165, 1.54) is 4.57 Å². The summed E-state index contributed by atoms with van der Waals surface area (Å²) in [4.78, 5) is 25.7. The molecule has 1 aliphatic rings. The highest BCUT2D eigenvalue weighted by Gasteiger charge is 2.18. The number of hydrogen-bond donors (Lipinski definition) is 1. The molecule has 8 nitrogen and oxygen atoms in total. The summed E-state index contributed by atoms with van der Waals surface area (Å²) in [7, 11) is 0. The number of aryl methyl sites for hydroxylation is 3. The van der Waals surface area contributed by atoms with Crippen molar-refractivity contribution in [2.75, 3.05) is 6.79 Å². The Balaban J connectivity index is 1.56. The van der Waals surface area contributed by atoms with Gasteiger partial charge in [-0.05, 0) is 50.1 Å². The molecule has 0 atom stereocenters. The van der Waals surface area contributed by atoms with Crippen molar-refractivity contribution in [2.45, 2.75) is 33.9 Å². The second kappa shape index (κ2) is 7.46. The molecule has 1 aliphatic heterocycles. The van der Waals surface area contributed by atoms with E-state index in [9.17, 15) is 9.59 Å². The first kappa shape index (κ1) is 18.8. The van der Waals surface area contributed by atoms with Crippen molar-refractivity contribution in [2.24, 2.45) is 0 Å². The lowest BCUT2D eigenvalue weighted by Gasteiger charge is -2.12. The molecule has 1 aromatic carbocycles. The van der Waals surface area contributed by atoms with Crippen LogP contribution in [-0.2, 0) is 13.1 Å². The number of fused-ring (bicyclic) bond motifs is 1. The lowest BCUT2D eigenvalue weighted by Crippen LogP contribution is -2.34. The number of nitrogens with one attached hydrogen (secondary N) is 1. The molecule has 2 aromatic heterocycles. The van der Waals surface area contributed by atoms with Gasteiger partial charge in [0.15, 0.2) is 11.5 Å². The van der Waals surface area contributed by atoms with Crippen LogP contribution in [0, 0.1) is 20.8 Å². The lowest BCUT2D eigenvalue weighted by molar-refractivity contribution is 0.0948. The summed E-state index contributed by atoms with van der Waals surface area (Å²) in [5, 5.41) is 6.68. The molecule has 29 heavy (non-hydrogen) atoms. The molecule has 3 heterocycles. The Morgan fingerprint density at radius 3 is 2.72 bits per heavy atom. The molecule has 8 heteroatoms. The van der Waals surface area contributed by atoms with Gasteiger partial charge in [0.2, 0.25) is 6.79 Å². The fraction of sp³-hybridized carbons (Fsp3) is 0.286. The third-order valence-corrected chi connectivity index (χ3v) is 5.00. The molecule has 0 aliphatic carbocycles. The Morgan fingerprint density at radius 1 is 1.17 bits per heavy atom. The second-order valence-corrected chi connectivity index (χ2v) is 6.98. The minimum Gasteiger partial charge on any atom is -0.454 e. The number of carbonyl (C=O) groups is 1. The summed E-state index contributed by atoms with van der Waals surface area (Å²) in [5.74, 6) is 1.56. The Morgan fingerprint density at radius 2 is 1.97 bits per heavy atom. The van der Waals surface area contributed by atoms with Gasteiger partial charge in [0.05, 0.1) is 12.2 Å². The molecule has 1 amide bonds. The van der Waals surface area contributed by atoms with Gasteiger partial charge in [0, 0.05) is 18.3 Å². The predicted octanol–water partition coefficient (Wildman–Crippen LogP) is 2.47. The van der Waals surface area contributed by atoms with Crippen molar-refractivity contribution >= 4 is 5.91 Å². The smallest absolute Gasteiger partial charge is 0.263 e. The highest BCUT2D eigenvalue weighted by atomic mass is 16.7. The van der Waals surface area contributed by atoms with E-state index < -0.39 is 5.91 Å². The van der Waals surface area contributed by atoms with Crippen LogP contribution < -0.4 is 20.3 Å². The third-order valence-electron chi connectivity index (χ3n) is 5.00. The Bertz CT molecular complexity index is 1130. The third kappa shape index (κ3) is 3.61. The second-order valence-electron chi connectivity index (χ2n) is 6.98. The number of rotatable bonds is 5. The first-order valence-electron chi connectivity index (χ1n) is 9.22. The van der Waals surface area contributed by atoms with Gasteiger partial charge in [-0.1, -0.05) is 11.2 Å². The van der Waals surface area contributed by atoms with E-state index in [0.717, 1.165) is 11.1 Å². The average molecular weight is 395 g/mol. The van der Waals surface area contributed by atoms with Crippen molar-refractivity contribution in [1.82, 2.24) is 15.0 Å². The largest absolute Gasteiger partial charge is 0.454 e. The first-order chi connectivity index (χ1) is 13.9. The van der Waals surface area contributed by atoms with E-state index in [1.54, 1.807) is 26.1 Å². The molecule has 0 saturated heterocycles. The van der Waals surface area contributed by atoms with Gasteiger partial charge >= 0.3 is 0 Å². The number of benzene rings is 1. The number of ether oxygens (including phenoxy) is 2. The van der Waals surface area contributed by atoms with Crippen molar-refractivity contribution in [1.29, 1.82) is 0 Å². The summed E-state index contributed by atoms with van der Waals surface area (Å²) < 4.78 is 17.3. The van der Waals surface area contributed by atoms with Gasteiger partial charge in [-0.2, -0.15) is 0 Å². The maximum absolute atomic E-state index is 13.0. The topological polar surface area (TPSA) is 95.6 Å². The SMILES string of the molecule is Cc1ccn(Cc2ccc3c(c2)OCO3)c(=O)c1C(=O)NCc1c(C)noc1C. The maximum Gasteiger partial charge on any atom is 0.263 e. The number of nitrogens with zero attached hydrogens (tertiary/aromatic N) is 2. The fourth-order valence-corrected chi connectivity index (χ4v) is 3.31. The Labute approximate surface area is 167 Å². The van der Waals surface area contributed by atoms with Gasteiger partial charge in [0.1, 0.15) is 11.3 Å². The molecule has 0 fully saturated rings. The summed E-state index contributed by atoms with van der Waals surface area (Å²) in [6.45, 7) is 6.10. The zero-order valence-corrected chi connectivity index (χ0v) is 16.4. The first-order valence-corrected chi connectivity index (χ1v) is 9.22. The summed E-state index contributed by atoms with van der Waals surface area (Å²) in [6.07, 6.45) is 1.69. The van der Waals surface area contributed by atoms with E-state index in [4.69, 9.17) is 14.0 Å². The van der Waals surface area contributed by atoms with Crippen LogP contribution >= 0.6 is 0 Å². The molecule has 0 spiro atoms. The molecular formula is C21H21N3O5. The zero-order valence-electron chi connectivity index (χ0n) is 16.4. The molecule has 0 saturated carbocycles. The quantitative estimate of drug-likeness (QED) is 0.713. The molecule has 1 N–H and O–H groups in total. The zero-order chi connectivity index (χ0) is 20.5. The molecule has 3 aromatic rings. The molecule has 4 rings (SSSR count). The number of amides is 1. The van der Waals surface area contributed by atoms with Crippen LogP contribution in [-0.4, -0.2) is 22.4 Å². The van der Waals surface area contributed by atoms with Gasteiger partial charge in [-0.3, -0.25) is 9.59 Å². The van der Waals surface area contributed by atoms with Crippen LogP contribution in [0.15, 0.2) is 39.8 Å². The molecule has 0 unspecified atom stereocenters. The van der Waals surface area contributed by atoms with Gasteiger partial charge in [0.25, 0.3) is 11.5 Å². The highest BCUT2D eigenvalue weighted by Crippen LogP contribution is 2.32. The molecular weight excluding hydrogens is 374 g/mol. The average Bonchev–Trinajstić information content (AvgIpc) is 3.28. The predicted molar refractivity (Wildman–Crippen MR) is 104 cm³/mol. The Hall–Kier alpha value is -3.55. The van der Waals surface area contributed by atoms with E-state index in [-0.39, 0.29) is 24.5 Å². The summed E-state index contributed by atoms with van der Waals surface area (Å²) in [6, 6.07) is 7.29. The molecule has 0 radical (unpaired) electrons. The van der Waals surface area contributed by atoms with E-state index in [2.05, 4.69) is 10.5 Å². The number of hydrogen-bond acceptors (Lipinski definition) is 6. The van der Waals surface area contributed by atoms with Gasteiger partial charge in [-0.25, -0.2) is 0 Å². The van der Waals surface area contributed by atoms with Gasteiger partial charge in [-0.15, -0.1) is 0 Å². The highest BCUT2D eigenvalue weighted by molar-refractivity contribution is 5.95. The van der Waals surface area contributed by atoms with Gasteiger partial charge < -0.3 is 23.9 Å². The van der Waals surface area contributed by atoms with Crippen molar-refractivity contribution in [3.63, 3.8) is 0 Å². The van der Waals surface area contributed by atoms with E-state index in [0.29, 0.717) is 35.1 Å². The standard InChI is InChI=1S/C21H21N3O5/c1-12-6-7-24(10-15-4-5-17-18(8-15)28-11-27-17)21(26)19(12)20(25)22-9-16-13(2)23-29-14(16)3/h4-8H,9-11H2,1-3H3,(H,22,25). The maximum atomic E-state index is 13.0. The number of carbonyl (C=O) groups excluding carboxylic acids is 1. The minimum absolute atomic E-state index is 0.125. The van der Waals surface area contributed by atoms with E-state index >= 15 is 0 Å². The number of pyridine rings is 1. The Kier molecular flexibility index (Phi) is 4.84. The summed E-state index contributed by atoms with van der Waals surface area (Å²) >= 11 is 0. The molecule has 150 valence electrons. The van der Waals surface area contributed by atoms with Crippen LogP contribution in [0.5, 0.6) is 11.5 Å². The minimum atomic E-state index is -0.424. The lowest BCUT2D eigenvalue weighted by atomic mass is 10.1. The van der Waals surface area contributed by atoms with Crippen LogP contribution in [0.3, 0.4) is 0 Å². The van der Waals surface area contributed by atoms with E-state index in [1.807, 2.05) is 25.1 Å². The van der Waals surface area contributed by atoms with Crippen LogP contribution in [0.1, 0.15) is 38.5 Å².